The first kappa shape index (κ1) is 10.2. The zero-order chi connectivity index (χ0) is 10.7. The van der Waals surface area contributed by atoms with Crippen LogP contribution in [0.3, 0.4) is 0 Å². The maximum absolute atomic E-state index is 5.67. The molecule has 4 nitrogen and oxygen atoms in total. The molecule has 82 valence electrons. The van der Waals surface area contributed by atoms with E-state index < -0.39 is 0 Å². The van der Waals surface area contributed by atoms with E-state index in [0.717, 1.165) is 12.5 Å². The van der Waals surface area contributed by atoms with Crippen LogP contribution < -0.4 is 10.6 Å². The molecule has 0 amide bonds. The third-order valence-corrected chi connectivity index (χ3v) is 3.03. The van der Waals surface area contributed by atoms with Crippen molar-refractivity contribution in [1.29, 1.82) is 0 Å². The SMILES string of the molecule is CCN(c1nccc(N)n1)C1CCCC1. The molecule has 4 heteroatoms. The Kier molecular flexibility index (Phi) is 3.04. The summed E-state index contributed by atoms with van der Waals surface area (Å²) in [6.07, 6.45) is 6.89. The van der Waals surface area contributed by atoms with E-state index in [2.05, 4.69) is 21.8 Å². The highest BCUT2D eigenvalue weighted by atomic mass is 15.3. The van der Waals surface area contributed by atoms with Gasteiger partial charge in [0.25, 0.3) is 0 Å². The predicted molar refractivity (Wildman–Crippen MR) is 61.7 cm³/mol. The second-order valence-electron chi connectivity index (χ2n) is 4.01. The van der Waals surface area contributed by atoms with Gasteiger partial charge in [0.1, 0.15) is 5.82 Å². The molecule has 0 atom stereocenters. The Bertz CT molecular complexity index is 320. The molecule has 0 spiro atoms. The summed E-state index contributed by atoms with van der Waals surface area (Å²) in [5.74, 6) is 1.33. The molecule has 1 saturated carbocycles. The standard InChI is InChI=1S/C11H18N4/c1-2-15(9-5-3-4-6-9)11-13-8-7-10(12)14-11/h7-9H,2-6H2,1H3,(H2,12,13,14). The number of anilines is 2. The van der Waals surface area contributed by atoms with E-state index >= 15 is 0 Å². The first-order valence-corrected chi connectivity index (χ1v) is 5.66. The van der Waals surface area contributed by atoms with Gasteiger partial charge in [0.2, 0.25) is 5.95 Å². The summed E-state index contributed by atoms with van der Waals surface area (Å²) in [6.45, 7) is 3.10. The molecular weight excluding hydrogens is 188 g/mol. The Hall–Kier alpha value is -1.32. The van der Waals surface area contributed by atoms with Crippen LogP contribution in [0.25, 0.3) is 0 Å². The summed E-state index contributed by atoms with van der Waals surface area (Å²) >= 11 is 0. The van der Waals surface area contributed by atoms with Gasteiger partial charge in [-0.3, -0.25) is 0 Å². The number of aromatic nitrogens is 2. The summed E-state index contributed by atoms with van der Waals surface area (Å²) < 4.78 is 0. The van der Waals surface area contributed by atoms with Gasteiger partial charge >= 0.3 is 0 Å². The lowest BCUT2D eigenvalue weighted by Gasteiger charge is -2.27. The van der Waals surface area contributed by atoms with Crippen molar-refractivity contribution in [3.05, 3.63) is 12.3 Å². The number of nitrogen functional groups attached to an aromatic ring is 1. The van der Waals surface area contributed by atoms with Gasteiger partial charge in [-0.15, -0.1) is 0 Å². The Labute approximate surface area is 90.5 Å². The zero-order valence-electron chi connectivity index (χ0n) is 9.19. The van der Waals surface area contributed by atoms with E-state index in [9.17, 15) is 0 Å². The highest BCUT2D eigenvalue weighted by molar-refractivity contribution is 5.38. The lowest BCUT2D eigenvalue weighted by atomic mass is 10.2. The third kappa shape index (κ3) is 2.19. The van der Waals surface area contributed by atoms with Crippen LogP contribution in [0.2, 0.25) is 0 Å². The molecule has 0 aromatic carbocycles. The molecule has 1 aromatic heterocycles. The maximum Gasteiger partial charge on any atom is 0.227 e. The molecule has 0 radical (unpaired) electrons. The van der Waals surface area contributed by atoms with Gasteiger partial charge in [0.15, 0.2) is 0 Å². The van der Waals surface area contributed by atoms with Crippen molar-refractivity contribution in [2.24, 2.45) is 0 Å². The topological polar surface area (TPSA) is 55.0 Å². The lowest BCUT2D eigenvalue weighted by Crippen LogP contribution is -2.34. The minimum absolute atomic E-state index is 0.552. The van der Waals surface area contributed by atoms with Gasteiger partial charge in [-0.25, -0.2) is 4.98 Å². The normalized spacial score (nSPS) is 16.9. The molecule has 1 aromatic rings. The fraction of sp³-hybridized carbons (Fsp3) is 0.636. The highest BCUT2D eigenvalue weighted by Gasteiger charge is 2.23. The number of nitrogens with two attached hydrogens (primary N) is 1. The molecule has 2 rings (SSSR count). The molecule has 0 saturated heterocycles. The van der Waals surface area contributed by atoms with E-state index in [1.807, 2.05) is 0 Å². The first-order valence-electron chi connectivity index (χ1n) is 5.66. The maximum atomic E-state index is 5.67. The van der Waals surface area contributed by atoms with Crippen molar-refractivity contribution in [2.45, 2.75) is 38.6 Å². The second kappa shape index (κ2) is 4.47. The quantitative estimate of drug-likeness (QED) is 0.819. The van der Waals surface area contributed by atoms with Gasteiger partial charge in [0, 0.05) is 18.8 Å². The molecule has 1 fully saturated rings. The monoisotopic (exact) mass is 206 g/mol. The average molecular weight is 206 g/mol. The largest absolute Gasteiger partial charge is 0.384 e. The molecule has 0 aliphatic heterocycles. The fourth-order valence-electron chi connectivity index (χ4n) is 2.28. The van der Waals surface area contributed by atoms with Crippen molar-refractivity contribution >= 4 is 11.8 Å². The van der Waals surface area contributed by atoms with Crippen molar-refractivity contribution in [3.63, 3.8) is 0 Å². The molecule has 1 heterocycles. The Balaban J connectivity index is 2.18. The van der Waals surface area contributed by atoms with E-state index in [4.69, 9.17) is 5.73 Å². The minimum Gasteiger partial charge on any atom is -0.384 e. The summed E-state index contributed by atoms with van der Waals surface area (Å²) in [6, 6.07) is 2.34. The molecule has 1 aliphatic rings. The van der Waals surface area contributed by atoms with Gasteiger partial charge < -0.3 is 10.6 Å². The highest BCUT2D eigenvalue weighted by Crippen LogP contribution is 2.26. The molecule has 15 heavy (non-hydrogen) atoms. The van der Waals surface area contributed by atoms with Crippen LogP contribution in [0.15, 0.2) is 12.3 Å². The van der Waals surface area contributed by atoms with Gasteiger partial charge in [-0.05, 0) is 25.8 Å². The number of rotatable bonds is 3. The summed E-state index contributed by atoms with van der Waals surface area (Å²) in [4.78, 5) is 10.8. The summed E-state index contributed by atoms with van der Waals surface area (Å²) in [5.41, 5.74) is 5.67. The molecule has 1 aliphatic carbocycles. The van der Waals surface area contributed by atoms with E-state index in [-0.39, 0.29) is 0 Å². The fourth-order valence-corrected chi connectivity index (χ4v) is 2.28. The smallest absolute Gasteiger partial charge is 0.227 e. The number of nitrogens with zero attached hydrogens (tertiary/aromatic N) is 3. The summed E-state index contributed by atoms with van der Waals surface area (Å²) in [5, 5.41) is 0. The van der Waals surface area contributed by atoms with Gasteiger partial charge in [-0.2, -0.15) is 4.98 Å². The van der Waals surface area contributed by atoms with Gasteiger partial charge in [0.05, 0.1) is 0 Å². The van der Waals surface area contributed by atoms with Crippen molar-refractivity contribution < 1.29 is 0 Å². The number of hydrogen-bond acceptors (Lipinski definition) is 4. The van der Waals surface area contributed by atoms with Crippen LogP contribution in [0.1, 0.15) is 32.6 Å². The predicted octanol–water partition coefficient (Wildman–Crippen LogP) is 1.83. The van der Waals surface area contributed by atoms with Crippen molar-refractivity contribution in [1.82, 2.24) is 9.97 Å². The van der Waals surface area contributed by atoms with E-state index in [0.29, 0.717) is 11.9 Å². The van der Waals surface area contributed by atoms with Gasteiger partial charge in [-0.1, -0.05) is 12.8 Å². The van der Waals surface area contributed by atoms with Crippen LogP contribution in [-0.4, -0.2) is 22.6 Å². The molecule has 0 unspecified atom stereocenters. The van der Waals surface area contributed by atoms with Crippen LogP contribution in [-0.2, 0) is 0 Å². The van der Waals surface area contributed by atoms with Crippen molar-refractivity contribution in [2.75, 3.05) is 17.2 Å². The minimum atomic E-state index is 0.552. The molecule has 2 N–H and O–H groups in total. The molecule has 0 bridgehead atoms. The lowest BCUT2D eigenvalue weighted by molar-refractivity contribution is 0.605. The third-order valence-electron chi connectivity index (χ3n) is 3.03. The van der Waals surface area contributed by atoms with Crippen molar-refractivity contribution in [3.8, 4) is 0 Å². The van der Waals surface area contributed by atoms with Crippen LogP contribution in [0.4, 0.5) is 11.8 Å². The average Bonchev–Trinajstić information content (AvgIpc) is 2.72. The Morgan fingerprint density at radius 3 is 2.80 bits per heavy atom. The van der Waals surface area contributed by atoms with Crippen LogP contribution in [0, 0.1) is 0 Å². The summed E-state index contributed by atoms with van der Waals surface area (Å²) in [7, 11) is 0. The van der Waals surface area contributed by atoms with E-state index in [1.165, 1.54) is 25.7 Å². The van der Waals surface area contributed by atoms with E-state index in [1.54, 1.807) is 12.3 Å². The Morgan fingerprint density at radius 2 is 2.20 bits per heavy atom. The zero-order valence-corrected chi connectivity index (χ0v) is 9.19. The van der Waals surface area contributed by atoms with Crippen LogP contribution in [0.5, 0.6) is 0 Å². The molecular formula is C11H18N4. The Morgan fingerprint density at radius 1 is 1.47 bits per heavy atom. The van der Waals surface area contributed by atoms with Crippen LogP contribution >= 0.6 is 0 Å². The number of hydrogen-bond donors (Lipinski definition) is 1. The first-order chi connectivity index (χ1) is 7.31. The second-order valence-corrected chi connectivity index (χ2v) is 4.01.